The lowest BCUT2D eigenvalue weighted by Gasteiger charge is -2.06. The number of hydrogen-bond donors (Lipinski definition) is 6. The zero-order chi connectivity index (χ0) is 39.9. The van der Waals surface area contributed by atoms with E-state index in [2.05, 4.69) is 42.6 Å². The minimum Gasteiger partial charge on any atom is -0.423 e. The van der Waals surface area contributed by atoms with Gasteiger partial charge in [-0.1, -0.05) is 99.3 Å². The first-order valence-electron chi connectivity index (χ1n) is 15.9. The minimum absolute atomic E-state index is 0.449. The molecule has 0 aliphatic carbocycles. The van der Waals surface area contributed by atoms with Crippen molar-refractivity contribution >= 4 is 80.4 Å². The number of benzene rings is 6. The first-order chi connectivity index (χ1) is 26.4. The summed E-state index contributed by atoms with van der Waals surface area (Å²) in [6.45, 7) is 0. The predicted molar refractivity (Wildman–Crippen MR) is 225 cm³/mol. The van der Waals surface area contributed by atoms with E-state index in [1.54, 1.807) is 54.6 Å². The normalized spacial score (nSPS) is 9.82. The molecule has 0 amide bonds. The van der Waals surface area contributed by atoms with Crippen molar-refractivity contribution in [3.63, 3.8) is 0 Å². The Labute approximate surface area is 340 Å². The third-order valence-electron chi connectivity index (χ3n) is 7.47. The van der Waals surface area contributed by atoms with Crippen LogP contribution in [0, 0.1) is 22.7 Å². The summed E-state index contributed by atoms with van der Waals surface area (Å²) >= 11 is 20.5. The second-order valence-corrected chi connectivity index (χ2v) is 13.5. The molecule has 55 heavy (non-hydrogen) atoms. The molecule has 0 unspecified atom stereocenters. The van der Waals surface area contributed by atoms with E-state index in [-0.39, 0.29) is 0 Å². The van der Waals surface area contributed by atoms with Gasteiger partial charge in [-0.05, 0) is 112 Å². The lowest BCUT2D eigenvalue weighted by molar-refractivity contribution is 0.426. The Morgan fingerprint density at radius 1 is 0.582 bits per heavy atom. The number of aromatic nitrogens is 4. The van der Waals surface area contributed by atoms with E-state index < -0.39 is 7.12 Å². The fourth-order valence-electron chi connectivity index (χ4n) is 4.58. The molecule has 0 saturated heterocycles. The van der Waals surface area contributed by atoms with Gasteiger partial charge in [-0.15, -0.1) is 10.2 Å². The Kier molecular flexibility index (Phi) is 15.6. The Hall–Kier alpha value is -5.90. The monoisotopic (exact) mass is 851 g/mol. The molecule has 7 rings (SSSR count). The van der Waals surface area contributed by atoms with E-state index in [4.69, 9.17) is 72.6 Å². The highest BCUT2D eigenvalue weighted by Gasteiger charge is 2.10. The van der Waals surface area contributed by atoms with Gasteiger partial charge in [-0.2, -0.15) is 15.7 Å². The molecular formula is C39H30BBrCl3N9O2. The molecule has 0 spiro atoms. The summed E-state index contributed by atoms with van der Waals surface area (Å²) in [5.41, 5.74) is 24.9. The number of nitrogens with two attached hydrogens (primary N) is 3. The van der Waals surface area contributed by atoms with Crippen LogP contribution in [0.2, 0.25) is 15.1 Å². The van der Waals surface area contributed by atoms with Gasteiger partial charge in [0.15, 0.2) is 0 Å². The lowest BCUT2D eigenvalue weighted by atomic mass is 9.81. The summed E-state index contributed by atoms with van der Waals surface area (Å²) in [4.78, 5) is 0. The maximum atomic E-state index is 8.88. The number of nitrogen functional groups attached to an aromatic ring is 3. The van der Waals surface area contributed by atoms with Gasteiger partial charge in [0.2, 0.25) is 5.82 Å². The number of halogens is 4. The quantitative estimate of drug-likeness (QED) is 0.0737. The van der Waals surface area contributed by atoms with Crippen LogP contribution in [0.25, 0.3) is 33.6 Å². The molecule has 1 heterocycles. The molecule has 7 aromatic rings. The molecule has 0 aliphatic heterocycles. The Balaban J connectivity index is 0.000000170. The fourth-order valence-corrected chi connectivity index (χ4v) is 5.32. The second kappa shape index (κ2) is 20.5. The molecule has 0 atom stereocenters. The van der Waals surface area contributed by atoms with Gasteiger partial charge in [0.05, 0.1) is 11.1 Å². The SMILES string of the molecule is N#Cc1cc(-c2ccc(Cl)cc2)ccc1N.N#Cc1cc(Br)ccc1N.Nc1ccc(-c2ccc(Cl)cc2)cc1-c1nn[nH]n1.OB(O)c1ccc(Cl)cc1. The van der Waals surface area contributed by atoms with Crippen LogP contribution in [0.5, 0.6) is 0 Å². The molecule has 0 saturated carbocycles. The van der Waals surface area contributed by atoms with Gasteiger partial charge in [-0.3, -0.25) is 0 Å². The zero-order valence-electron chi connectivity index (χ0n) is 28.6. The highest BCUT2D eigenvalue weighted by Crippen LogP contribution is 2.30. The van der Waals surface area contributed by atoms with E-state index in [0.717, 1.165) is 32.3 Å². The molecule has 0 bridgehead atoms. The number of nitriles is 2. The summed E-state index contributed by atoms with van der Waals surface area (Å²) in [5.74, 6) is 0.480. The van der Waals surface area contributed by atoms with Gasteiger partial charge in [0.1, 0.15) is 12.1 Å². The van der Waals surface area contributed by atoms with Crippen LogP contribution in [0.15, 0.2) is 132 Å². The molecule has 274 valence electrons. The van der Waals surface area contributed by atoms with Crippen molar-refractivity contribution in [2.75, 3.05) is 17.2 Å². The number of H-pyrrole nitrogens is 1. The highest BCUT2D eigenvalue weighted by atomic mass is 79.9. The smallest absolute Gasteiger partial charge is 0.423 e. The summed E-state index contributed by atoms with van der Waals surface area (Å²) in [6.07, 6.45) is 0. The summed E-state index contributed by atoms with van der Waals surface area (Å²) in [7, 11) is -1.41. The van der Waals surface area contributed by atoms with Crippen LogP contribution in [0.4, 0.5) is 17.1 Å². The molecular weight excluding hydrogens is 824 g/mol. The van der Waals surface area contributed by atoms with E-state index in [1.165, 1.54) is 0 Å². The lowest BCUT2D eigenvalue weighted by Crippen LogP contribution is -2.29. The number of nitrogens with one attached hydrogen (secondary N) is 1. The van der Waals surface area contributed by atoms with E-state index in [9.17, 15) is 0 Å². The first kappa shape index (κ1) is 41.9. The summed E-state index contributed by atoms with van der Waals surface area (Å²) in [5, 5.41) is 50.5. The van der Waals surface area contributed by atoms with E-state index in [0.29, 0.717) is 54.5 Å². The zero-order valence-corrected chi connectivity index (χ0v) is 32.4. The number of anilines is 3. The maximum Gasteiger partial charge on any atom is 0.488 e. The van der Waals surface area contributed by atoms with Crippen molar-refractivity contribution in [1.29, 1.82) is 10.5 Å². The third kappa shape index (κ3) is 12.6. The molecule has 11 nitrogen and oxygen atoms in total. The molecule has 9 N–H and O–H groups in total. The number of hydrogen-bond acceptors (Lipinski definition) is 10. The van der Waals surface area contributed by atoms with Crippen LogP contribution in [-0.4, -0.2) is 37.8 Å². The molecule has 6 aromatic carbocycles. The van der Waals surface area contributed by atoms with Crippen molar-refractivity contribution in [2.24, 2.45) is 0 Å². The molecule has 0 fully saturated rings. The van der Waals surface area contributed by atoms with Gasteiger partial charge < -0.3 is 27.2 Å². The average molecular weight is 854 g/mol. The standard InChI is InChI=1S/C13H10ClN5.C13H9ClN2.C7H5BrN2.C6H6BClO2/c14-10-4-1-8(2-5-10)9-3-6-12(15)11(7-9)13-16-18-19-17-13;14-12-4-1-9(2-5-12)10-3-6-13(16)11(7-10)8-15;8-6-1-2-7(10)5(3-6)4-9;8-6-3-1-5(2-4-6)7(9)10/h1-7H,15H2,(H,16,17,18,19);1-7H,16H2;1-3H,10H2;1-4,9-10H. The van der Waals surface area contributed by atoms with Crippen LogP contribution < -0.4 is 22.7 Å². The molecule has 1 aromatic heterocycles. The Morgan fingerprint density at radius 3 is 1.47 bits per heavy atom. The number of tetrazole rings is 1. The molecule has 0 aliphatic rings. The van der Waals surface area contributed by atoms with Crippen LogP contribution in [0.1, 0.15) is 11.1 Å². The van der Waals surface area contributed by atoms with Crippen LogP contribution in [-0.2, 0) is 0 Å². The van der Waals surface area contributed by atoms with Gasteiger partial charge >= 0.3 is 7.12 Å². The van der Waals surface area contributed by atoms with Crippen molar-refractivity contribution in [1.82, 2.24) is 20.6 Å². The van der Waals surface area contributed by atoms with Gasteiger partial charge in [-0.25, -0.2) is 0 Å². The van der Waals surface area contributed by atoms with Crippen molar-refractivity contribution in [2.45, 2.75) is 0 Å². The van der Waals surface area contributed by atoms with Gasteiger partial charge in [0, 0.05) is 42.2 Å². The summed E-state index contributed by atoms with van der Waals surface area (Å²) in [6, 6.07) is 41.8. The second-order valence-electron chi connectivity index (χ2n) is 11.2. The number of nitrogens with zero attached hydrogens (tertiary/aromatic N) is 5. The minimum atomic E-state index is -1.41. The molecule has 16 heteroatoms. The number of aromatic amines is 1. The summed E-state index contributed by atoms with van der Waals surface area (Å²) < 4.78 is 0.873. The largest absolute Gasteiger partial charge is 0.488 e. The Morgan fingerprint density at radius 2 is 1.02 bits per heavy atom. The topological polar surface area (TPSA) is 221 Å². The van der Waals surface area contributed by atoms with Crippen molar-refractivity contribution in [3.05, 3.63) is 158 Å². The van der Waals surface area contributed by atoms with E-state index >= 15 is 0 Å². The fraction of sp³-hybridized carbons (Fsp3) is 0. The van der Waals surface area contributed by atoms with Crippen LogP contribution in [0.3, 0.4) is 0 Å². The Bertz CT molecular complexity index is 2410. The first-order valence-corrected chi connectivity index (χ1v) is 17.8. The highest BCUT2D eigenvalue weighted by molar-refractivity contribution is 9.10. The maximum absolute atomic E-state index is 8.88. The average Bonchev–Trinajstić information content (AvgIpc) is 3.73. The third-order valence-corrected chi connectivity index (χ3v) is 8.72. The molecule has 0 radical (unpaired) electrons. The van der Waals surface area contributed by atoms with E-state index in [1.807, 2.05) is 78.9 Å². The van der Waals surface area contributed by atoms with Gasteiger partial charge in [0.25, 0.3) is 0 Å². The van der Waals surface area contributed by atoms with Crippen molar-refractivity contribution in [3.8, 4) is 45.8 Å². The number of rotatable bonds is 4. The van der Waals surface area contributed by atoms with Crippen LogP contribution >= 0.6 is 50.7 Å². The predicted octanol–water partition coefficient (Wildman–Crippen LogP) is 8.15. The van der Waals surface area contributed by atoms with Crippen molar-refractivity contribution < 1.29 is 10.0 Å².